The van der Waals surface area contributed by atoms with Crippen LogP contribution in [0, 0.1) is 0 Å². The standard InChI is InChI=1S/C73H143NO5/c1-3-5-7-9-11-13-15-17-38-41-45-49-53-57-61-65-71(76)70(69-75)74-72(77)66-62-58-54-50-46-42-39-36-34-32-30-28-26-24-22-20-19-21-23-25-27-29-31-33-35-37-40-44-48-52-56-60-64-68-79-73(78)67-63-59-55-51-47-43-18-16-14-12-10-8-6-4-2/h61,65,70-71,75-76H,3-60,62-64,66-69H2,1-2H3,(H,74,77)/b65-61+. The summed E-state index contributed by atoms with van der Waals surface area (Å²) in [5.74, 6) is -0.0355. The van der Waals surface area contributed by atoms with Crippen LogP contribution in [0.5, 0.6) is 0 Å². The zero-order chi connectivity index (χ0) is 57.1. The predicted octanol–water partition coefficient (Wildman–Crippen LogP) is 23.5. The van der Waals surface area contributed by atoms with E-state index < -0.39 is 12.1 Å². The number of hydrogen-bond acceptors (Lipinski definition) is 5. The minimum Gasteiger partial charge on any atom is -0.466 e. The lowest BCUT2D eigenvalue weighted by Crippen LogP contribution is -2.45. The van der Waals surface area contributed by atoms with Crippen LogP contribution in [0.15, 0.2) is 12.2 Å². The molecule has 6 heteroatoms. The first-order valence-electron chi connectivity index (χ1n) is 36.5. The third kappa shape index (κ3) is 65.6. The molecular formula is C73H143NO5. The number of carbonyl (C=O) groups is 2. The van der Waals surface area contributed by atoms with Gasteiger partial charge in [0.1, 0.15) is 0 Å². The van der Waals surface area contributed by atoms with Crippen LogP contribution in [0.1, 0.15) is 418 Å². The number of ether oxygens (including phenoxy) is 1. The van der Waals surface area contributed by atoms with Gasteiger partial charge in [-0.1, -0.05) is 386 Å². The van der Waals surface area contributed by atoms with E-state index in [2.05, 4.69) is 19.2 Å². The summed E-state index contributed by atoms with van der Waals surface area (Å²) in [6, 6.07) is -0.623. The number of hydrogen-bond donors (Lipinski definition) is 3. The third-order valence-electron chi connectivity index (χ3n) is 17.3. The van der Waals surface area contributed by atoms with Gasteiger partial charge in [0.25, 0.3) is 0 Å². The van der Waals surface area contributed by atoms with Crippen LogP contribution >= 0.6 is 0 Å². The topological polar surface area (TPSA) is 95.9 Å². The summed E-state index contributed by atoms with van der Waals surface area (Å²) >= 11 is 0. The Labute approximate surface area is 495 Å². The number of esters is 1. The predicted molar refractivity (Wildman–Crippen MR) is 347 cm³/mol. The highest BCUT2D eigenvalue weighted by Crippen LogP contribution is 2.19. The molecule has 0 aromatic heterocycles. The van der Waals surface area contributed by atoms with Gasteiger partial charge in [-0.25, -0.2) is 0 Å². The van der Waals surface area contributed by atoms with Crippen molar-refractivity contribution in [3.05, 3.63) is 12.2 Å². The Morgan fingerprint density at radius 3 is 0.861 bits per heavy atom. The summed E-state index contributed by atoms with van der Waals surface area (Å²) < 4.78 is 5.50. The molecule has 79 heavy (non-hydrogen) atoms. The summed E-state index contributed by atoms with van der Waals surface area (Å²) in [6.07, 6.45) is 86.0. The second-order valence-electron chi connectivity index (χ2n) is 25.3. The van der Waals surface area contributed by atoms with Gasteiger partial charge in [-0.3, -0.25) is 9.59 Å². The maximum atomic E-state index is 12.5. The number of nitrogens with one attached hydrogen (secondary N) is 1. The van der Waals surface area contributed by atoms with Crippen molar-refractivity contribution in [3.8, 4) is 0 Å². The van der Waals surface area contributed by atoms with Crippen molar-refractivity contribution in [2.75, 3.05) is 13.2 Å². The van der Waals surface area contributed by atoms with E-state index in [1.165, 1.54) is 353 Å². The second-order valence-corrected chi connectivity index (χ2v) is 25.3. The molecule has 0 rings (SSSR count). The van der Waals surface area contributed by atoms with Gasteiger partial charge in [-0.2, -0.15) is 0 Å². The van der Waals surface area contributed by atoms with E-state index in [4.69, 9.17) is 4.74 Å². The molecule has 0 bridgehead atoms. The molecule has 0 aliphatic heterocycles. The Bertz CT molecular complexity index is 1190. The lowest BCUT2D eigenvalue weighted by molar-refractivity contribution is -0.143. The summed E-state index contributed by atoms with van der Waals surface area (Å²) in [5, 5.41) is 23.2. The summed E-state index contributed by atoms with van der Waals surface area (Å²) in [4.78, 5) is 24.6. The van der Waals surface area contributed by atoms with Crippen LogP contribution in [0.3, 0.4) is 0 Å². The molecule has 0 heterocycles. The molecule has 1 amide bonds. The number of rotatable bonds is 69. The lowest BCUT2D eigenvalue weighted by Gasteiger charge is -2.20. The maximum absolute atomic E-state index is 12.5. The van der Waals surface area contributed by atoms with Gasteiger partial charge in [-0.05, 0) is 32.1 Å². The SMILES string of the molecule is CCCCCCCCCCCCCCC/C=C/C(O)C(CO)NC(=O)CCCCCCCCCCCCCCCCCCCCCCCCCCCCCCCCCCCOC(=O)CCCCCCCCCCCCCCCC. The Kier molecular flexibility index (Phi) is 67.9. The highest BCUT2D eigenvalue weighted by atomic mass is 16.5. The Balaban J connectivity index is 3.31. The van der Waals surface area contributed by atoms with Crippen molar-refractivity contribution >= 4 is 11.9 Å². The van der Waals surface area contributed by atoms with Gasteiger partial charge in [0.15, 0.2) is 0 Å². The minimum absolute atomic E-state index is 0.0246. The first-order chi connectivity index (χ1) is 39.0. The van der Waals surface area contributed by atoms with E-state index in [9.17, 15) is 19.8 Å². The monoisotopic (exact) mass is 1110 g/mol. The van der Waals surface area contributed by atoms with E-state index >= 15 is 0 Å². The molecule has 0 radical (unpaired) electrons. The van der Waals surface area contributed by atoms with E-state index in [1.54, 1.807) is 6.08 Å². The van der Waals surface area contributed by atoms with E-state index in [-0.39, 0.29) is 18.5 Å². The van der Waals surface area contributed by atoms with Gasteiger partial charge in [0.05, 0.1) is 25.4 Å². The average Bonchev–Trinajstić information content (AvgIpc) is 3.45. The molecule has 0 aliphatic carbocycles. The highest BCUT2D eigenvalue weighted by Gasteiger charge is 2.18. The number of aliphatic hydroxyl groups excluding tert-OH is 2. The Morgan fingerprint density at radius 2 is 0.582 bits per heavy atom. The van der Waals surface area contributed by atoms with Crippen molar-refractivity contribution in [2.24, 2.45) is 0 Å². The van der Waals surface area contributed by atoms with Crippen LogP contribution in [0.2, 0.25) is 0 Å². The fraction of sp³-hybridized carbons (Fsp3) is 0.945. The van der Waals surface area contributed by atoms with Gasteiger partial charge in [0, 0.05) is 12.8 Å². The summed E-state index contributed by atoms with van der Waals surface area (Å²) in [6.45, 7) is 4.95. The number of carbonyl (C=O) groups excluding carboxylic acids is 2. The van der Waals surface area contributed by atoms with Crippen LogP contribution < -0.4 is 5.32 Å². The molecule has 0 saturated carbocycles. The Morgan fingerprint density at radius 1 is 0.342 bits per heavy atom. The molecule has 0 fully saturated rings. The first kappa shape index (κ1) is 77.6. The number of aliphatic hydroxyl groups is 2. The minimum atomic E-state index is -0.840. The average molecular weight is 1110 g/mol. The summed E-state index contributed by atoms with van der Waals surface area (Å²) in [5.41, 5.74) is 0. The maximum Gasteiger partial charge on any atom is 0.305 e. The lowest BCUT2D eigenvalue weighted by atomic mass is 10.0. The normalized spacial score (nSPS) is 12.5. The van der Waals surface area contributed by atoms with E-state index in [0.717, 1.165) is 38.5 Å². The van der Waals surface area contributed by atoms with Crippen molar-refractivity contribution in [2.45, 2.75) is 431 Å². The van der Waals surface area contributed by atoms with E-state index in [0.29, 0.717) is 19.4 Å². The fourth-order valence-corrected chi connectivity index (χ4v) is 11.8. The van der Waals surface area contributed by atoms with Crippen molar-refractivity contribution in [1.29, 1.82) is 0 Å². The van der Waals surface area contributed by atoms with Gasteiger partial charge in [0.2, 0.25) is 5.91 Å². The van der Waals surface area contributed by atoms with Gasteiger partial charge in [-0.15, -0.1) is 0 Å². The van der Waals surface area contributed by atoms with Crippen LogP contribution in [0.4, 0.5) is 0 Å². The Hall–Kier alpha value is -1.40. The molecule has 3 N–H and O–H groups in total. The van der Waals surface area contributed by atoms with Gasteiger partial charge >= 0.3 is 5.97 Å². The molecule has 0 aromatic carbocycles. The van der Waals surface area contributed by atoms with Crippen LogP contribution in [-0.4, -0.2) is 47.4 Å². The second kappa shape index (κ2) is 69.1. The van der Waals surface area contributed by atoms with E-state index in [1.807, 2.05) is 6.08 Å². The number of amides is 1. The molecule has 2 atom stereocenters. The fourth-order valence-electron chi connectivity index (χ4n) is 11.8. The quantitative estimate of drug-likeness (QED) is 0.0320. The first-order valence-corrected chi connectivity index (χ1v) is 36.5. The van der Waals surface area contributed by atoms with Crippen molar-refractivity contribution in [1.82, 2.24) is 5.32 Å². The molecule has 2 unspecified atom stereocenters. The van der Waals surface area contributed by atoms with Crippen LogP contribution in [-0.2, 0) is 14.3 Å². The largest absolute Gasteiger partial charge is 0.466 e. The molecule has 0 spiro atoms. The number of allylic oxidation sites excluding steroid dienone is 1. The molecular weight excluding hydrogens is 971 g/mol. The molecule has 470 valence electrons. The molecule has 0 saturated heterocycles. The molecule has 0 aliphatic rings. The molecule has 6 nitrogen and oxygen atoms in total. The zero-order valence-electron chi connectivity index (χ0n) is 53.9. The highest BCUT2D eigenvalue weighted by molar-refractivity contribution is 5.76. The summed E-state index contributed by atoms with van der Waals surface area (Å²) in [7, 11) is 0. The van der Waals surface area contributed by atoms with Crippen molar-refractivity contribution < 1.29 is 24.5 Å². The molecule has 0 aromatic rings. The number of unbranched alkanes of at least 4 members (excludes halogenated alkanes) is 58. The van der Waals surface area contributed by atoms with Gasteiger partial charge < -0.3 is 20.3 Å². The van der Waals surface area contributed by atoms with Crippen LogP contribution in [0.25, 0.3) is 0 Å². The van der Waals surface area contributed by atoms with Crippen molar-refractivity contribution in [3.63, 3.8) is 0 Å². The zero-order valence-corrected chi connectivity index (χ0v) is 53.9. The third-order valence-corrected chi connectivity index (χ3v) is 17.3. The smallest absolute Gasteiger partial charge is 0.305 e.